The first-order valence-corrected chi connectivity index (χ1v) is 10.5. The molecular formula is C24H19N3O3S. The third-order valence-electron chi connectivity index (χ3n) is 4.87. The van der Waals surface area contributed by atoms with Crippen LogP contribution in [-0.2, 0) is 4.79 Å². The highest BCUT2D eigenvalue weighted by Gasteiger charge is 2.37. The molecule has 3 aromatic rings. The number of amides is 1. The monoisotopic (exact) mass is 429 g/mol. The minimum atomic E-state index is -0.447. The van der Waals surface area contributed by atoms with Gasteiger partial charge in [-0.3, -0.25) is 19.8 Å². The van der Waals surface area contributed by atoms with Crippen molar-refractivity contribution in [2.24, 2.45) is 4.99 Å². The molecule has 1 atom stereocenters. The summed E-state index contributed by atoms with van der Waals surface area (Å²) in [6.45, 7) is 1.96. The van der Waals surface area contributed by atoms with Gasteiger partial charge in [0.15, 0.2) is 5.17 Å². The molecule has 154 valence electrons. The van der Waals surface area contributed by atoms with Crippen LogP contribution in [-0.4, -0.2) is 20.9 Å². The van der Waals surface area contributed by atoms with E-state index in [2.05, 4.69) is 0 Å². The minimum Gasteiger partial charge on any atom is -0.279 e. The average Bonchev–Trinajstić information content (AvgIpc) is 3.09. The van der Waals surface area contributed by atoms with E-state index in [-0.39, 0.29) is 17.6 Å². The van der Waals surface area contributed by atoms with Gasteiger partial charge >= 0.3 is 0 Å². The molecule has 1 fully saturated rings. The van der Waals surface area contributed by atoms with Crippen LogP contribution in [0.15, 0.2) is 94.8 Å². The highest BCUT2D eigenvalue weighted by molar-refractivity contribution is 8.18. The summed E-state index contributed by atoms with van der Waals surface area (Å²) in [5.41, 5.74) is 2.32. The molecule has 0 aliphatic carbocycles. The van der Waals surface area contributed by atoms with Gasteiger partial charge in [0.1, 0.15) is 0 Å². The summed E-state index contributed by atoms with van der Waals surface area (Å²) >= 11 is 1.27. The Kier molecular flexibility index (Phi) is 5.95. The van der Waals surface area contributed by atoms with E-state index >= 15 is 0 Å². The first kappa shape index (κ1) is 20.6. The van der Waals surface area contributed by atoms with Crippen LogP contribution in [0.4, 0.5) is 11.4 Å². The van der Waals surface area contributed by atoms with Crippen molar-refractivity contribution >= 4 is 40.3 Å². The Labute approximate surface area is 184 Å². The van der Waals surface area contributed by atoms with Crippen LogP contribution >= 0.6 is 11.8 Å². The lowest BCUT2D eigenvalue weighted by Gasteiger charge is -2.24. The molecule has 1 aliphatic heterocycles. The average molecular weight is 430 g/mol. The van der Waals surface area contributed by atoms with Gasteiger partial charge in [-0.2, -0.15) is 0 Å². The number of benzene rings is 3. The van der Waals surface area contributed by atoms with E-state index in [9.17, 15) is 14.9 Å². The molecule has 7 heteroatoms. The summed E-state index contributed by atoms with van der Waals surface area (Å²) in [5.74, 6) is -0.178. The largest absolute Gasteiger partial charge is 0.279 e. The second kappa shape index (κ2) is 8.97. The van der Waals surface area contributed by atoms with Crippen molar-refractivity contribution in [1.82, 2.24) is 4.90 Å². The van der Waals surface area contributed by atoms with Crippen molar-refractivity contribution in [3.63, 3.8) is 0 Å². The van der Waals surface area contributed by atoms with Gasteiger partial charge in [-0.15, -0.1) is 0 Å². The number of carbonyl (C=O) groups excluding carboxylic acids is 1. The number of thioether (sulfide) groups is 1. The molecule has 1 heterocycles. The van der Waals surface area contributed by atoms with E-state index in [4.69, 9.17) is 4.99 Å². The number of para-hydroxylation sites is 1. The van der Waals surface area contributed by atoms with E-state index in [0.29, 0.717) is 15.6 Å². The first-order chi connectivity index (χ1) is 15.0. The molecule has 1 amide bonds. The SMILES string of the molecule is C[C@H](c1ccccc1)N1C(=O)/C(=C\c2cccc([N+](=O)[O-])c2)SC1=Nc1ccccc1. The van der Waals surface area contributed by atoms with Crippen molar-refractivity contribution < 1.29 is 9.72 Å². The van der Waals surface area contributed by atoms with Crippen LogP contribution in [0.1, 0.15) is 24.1 Å². The molecule has 0 bridgehead atoms. The Bertz CT molecular complexity index is 1180. The molecule has 31 heavy (non-hydrogen) atoms. The molecular weight excluding hydrogens is 410 g/mol. The molecule has 0 radical (unpaired) electrons. The zero-order valence-corrected chi connectivity index (χ0v) is 17.5. The van der Waals surface area contributed by atoms with E-state index in [1.54, 1.807) is 23.1 Å². The van der Waals surface area contributed by atoms with Crippen molar-refractivity contribution in [3.05, 3.63) is 111 Å². The van der Waals surface area contributed by atoms with Gasteiger partial charge in [0, 0.05) is 12.1 Å². The van der Waals surface area contributed by atoms with Crippen LogP contribution in [0.25, 0.3) is 6.08 Å². The fourth-order valence-corrected chi connectivity index (χ4v) is 4.35. The number of carbonyl (C=O) groups is 1. The van der Waals surface area contributed by atoms with Gasteiger partial charge in [0.25, 0.3) is 11.6 Å². The predicted octanol–water partition coefficient (Wildman–Crippen LogP) is 5.96. The number of nitro benzene ring substituents is 1. The molecule has 0 unspecified atom stereocenters. The van der Waals surface area contributed by atoms with E-state index in [1.807, 2.05) is 67.6 Å². The highest BCUT2D eigenvalue weighted by Crippen LogP contribution is 2.39. The predicted molar refractivity (Wildman–Crippen MR) is 124 cm³/mol. The molecule has 6 nitrogen and oxygen atoms in total. The second-order valence-electron chi connectivity index (χ2n) is 6.95. The Hall–Kier alpha value is -3.71. The third-order valence-corrected chi connectivity index (χ3v) is 5.85. The first-order valence-electron chi connectivity index (χ1n) is 9.69. The summed E-state index contributed by atoms with van der Waals surface area (Å²) in [6.07, 6.45) is 1.68. The fourth-order valence-electron chi connectivity index (χ4n) is 3.28. The quantitative estimate of drug-likeness (QED) is 0.285. The Morgan fingerprint density at radius 2 is 1.68 bits per heavy atom. The summed E-state index contributed by atoms with van der Waals surface area (Å²) < 4.78 is 0. The summed E-state index contributed by atoms with van der Waals surface area (Å²) in [7, 11) is 0. The van der Waals surface area contributed by atoms with Gasteiger partial charge in [-0.25, -0.2) is 4.99 Å². The normalized spacial score (nSPS) is 17.3. The van der Waals surface area contributed by atoms with Crippen LogP contribution < -0.4 is 0 Å². The molecule has 0 aromatic heterocycles. The van der Waals surface area contributed by atoms with Gasteiger partial charge in [-0.1, -0.05) is 60.7 Å². The van der Waals surface area contributed by atoms with Gasteiger partial charge in [0.05, 0.1) is 21.6 Å². The summed E-state index contributed by atoms with van der Waals surface area (Å²) in [4.78, 5) is 30.9. The maximum Gasteiger partial charge on any atom is 0.270 e. The Morgan fingerprint density at radius 1 is 1.00 bits per heavy atom. The maximum absolute atomic E-state index is 13.4. The maximum atomic E-state index is 13.4. The molecule has 0 saturated carbocycles. The number of aliphatic imine (C=N–C) groups is 1. The zero-order valence-electron chi connectivity index (χ0n) is 16.7. The molecule has 4 rings (SSSR count). The lowest BCUT2D eigenvalue weighted by molar-refractivity contribution is -0.384. The lowest BCUT2D eigenvalue weighted by atomic mass is 10.1. The fraction of sp³-hybridized carbons (Fsp3) is 0.0833. The van der Waals surface area contributed by atoms with Crippen molar-refractivity contribution in [2.45, 2.75) is 13.0 Å². The van der Waals surface area contributed by atoms with Crippen LogP contribution in [0, 0.1) is 10.1 Å². The molecule has 0 spiro atoms. The topological polar surface area (TPSA) is 75.8 Å². The van der Waals surface area contributed by atoms with Gasteiger partial charge in [0.2, 0.25) is 0 Å². The van der Waals surface area contributed by atoms with E-state index in [0.717, 1.165) is 11.3 Å². The number of hydrogen-bond donors (Lipinski definition) is 0. The number of rotatable bonds is 5. The van der Waals surface area contributed by atoms with Crippen molar-refractivity contribution in [1.29, 1.82) is 0 Å². The zero-order chi connectivity index (χ0) is 21.8. The summed E-state index contributed by atoms with van der Waals surface area (Å²) in [6, 6.07) is 25.2. The Balaban J connectivity index is 1.74. The number of hydrogen-bond acceptors (Lipinski definition) is 5. The van der Waals surface area contributed by atoms with Gasteiger partial charge < -0.3 is 0 Å². The standard InChI is InChI=1S/C24H19N3O3S/c1-17(19-10-4-2-5-11-19)26-23(28)22(16-18-9-8-14-21(15-18)27(29)30)31-24(26)25-20-12-6-3-7-13-20/h2-17H,1H3/b22-16+,25-24?/t17-/m1/s1. The Morgan fingerprint density at radius 3 is 2.35 bits per heavy atom. The number of nitrogens with zero attached hydrogens (tertiary/aromatic N) is 3. The molecule has 0 N–H and O–H groups in total. The molecule has 1 aliphatic rings. The summed E-state index contributed by atoms with van der Waals surface area (Å²) in [5, 5.41) is 11.7. The number of nitro groups is 1. The second-order valence-corrected chi connectivity index (χ2v) is 7.96. The van der Waals surface area contributed by atoms with Crippen molar-refractivity contribution in [3.8, 4) is 0 Å². The van der Waals surface area contributed by atoms with Gasteiger partial charge in [-0.05, 0) is 48.0 Å². The minimum absolute atomic E-state index is 0.0162. The molecule has 1 saturated heterocycles. The third kappa shape index (κ3) is 4.57. The molecule has 3 aromatic carbocycles. The number of amidine groups is 1. The van der Waals surface area contributed by atoms with Crippen LogP contribution in [0.2, 0.25) is 0 Å². The number of non-ortho nitro benzene ring substituents is 1. The van der Waals surface area contributed by atoms with E-state index in [1.165, 1.54) is 23.9 Å². The lowest BCUT2D eigenvalue weighted by Crippen LogP contribution is -2.32. The van der Waals surface area contributed by atoms with Crippen LogP contribution in [0.3, 0.4) is 0 Å². The van der Waals surface area contributed by atoms with Crippen LogP contribution in [0.5, 0.6) is 0 Å². The van der Waals surface area contributed by atoms with E-state index < -0.39 is 4.92 Å². The highest BCUT2D eigenvalue weighted by atomic mass is 32.2. The smallest absolute Gasteiger partial charge is 0.270 e. The van der Waals surface area contributed by atoms with Crippen molar-refractivity contribution in [2.75, 3.05) is 0 Å².